The molecule has 0 radical (unpaired) electrons. The summed E-state index contributed by atoms with van der Waals surface area (Å²) in [4.78, 5) is 20.9. The molecule has 0 fully saturated rings. The van der Waals surface area contributed by atoms with Crippen LogP contribution in [0, 0.1) is 0 Å². The Morgan fingerprint density at radius 3 is 2.54 bits per heavy atom. The van der Waals surface area contributed by atoms with Crippen molar-refractivity contribution in [3.63, 3.8) is 0 Å². The second-order valence-corrected chi connectivity index (χ2v) is 6.49. The number of nitrogens with zero attached hydrogens (tertiary/aromatic N) is 3. The highest BCUT2D eigenvalue weighted by Crippen LogP contribution is 2.28. The van der Waals surface area contributed by atoms with Crippen LogP contribution in [-0.2, 0) is 11.2 Å². The molecule has 0 saturated heterocycles. The lowest BCUT2D eigenvalue weighted by molar-refractivity contribution is -0.115. The Morgan fingerprint density at radius 1 is 1.00 bits per heavy atom. The van der Waals surface area contributed by atoms with Crippen molar-refractivity contribution in [3.05, 3.63) is 83.6 Å². The zero-order valence-corrected chi connectivity index (χ0v) is 15.4. The van der Waals surface area contributed by atoms with E-state index in [2.05, 4.69) is 20.4 Å². The van der Waals surface area contributed by atoms with Gasteiger partial charge in [0.15, 0.2) is 0 Å². The van der Waals surface area contributed by atoms with Gasteiger partial charge in [0, 0.05) is 23.0 Å². The van der Waals surface area contributed by atoms with E-state index in [9.17, 15) is 4.79 Å². The summed E-state index contributed by atoms with van der Waals surface area (Å²) < 4.78 is 5.41. The molecule has 2 heterocycles. The highest BCUT2D eigenvalue weighted by molar-refractivity contribution is 6.30. The second kappa shape index (κ2) is 8.02. The molecule has 2 aromatic carbocycles. The van der Waals surface area contributed by atoms with Crippen molar-refractivity contribution in [3.8, 4) is 22.8 Å². The predicted octanol–water partition coefficient (Wildman–Crippen LogP) is 4.63. The van der Waals surface area contributed by atoms with Gasteiger partial charge in [0.2, 0.25) is 11.7 Å². The molecule has 0 aliphatic heterocycles. The van der Waals surface area contributed by atoms with Gasteiger partial charge in [-0.25, -0.2) is 0 Å². The molecule has 0 atom stereocenters. The maximum Gasteiger partial charge on any atom is 0.260 e. The molecule has 2 aromatic heterocycles. The average Bonchev–Trinajstić information content (AvgIpc) is 3.21. The van der Waals surface area contributed by atoms with Crippen LogP contribution in [0.25, 0.3) is 22.8 Å². The first-order valence-electron chi connectivity index (χ1n) is 8.57. The number of pyridine rings is 1. The number of para-hydroxylation sites is 1. The molecule has 1 amide bonds. The van der Waals surface area contributed by atoms with E-state index in [0.29, 0.717) is 28.0 Å². The standard InChI is InChI=1S/C21H15ClN4O2/c22-16-7-5-14(6-8-16)13-19(27)24-18-4-2-1-3-17(18)21-25-20(26-28-21)15-9-11-23-12-10-15/h1-12H,13H2,(H,24,27). The van der Waals surface area contributed by atoms with Gasteiger partial charge < -0.3 is 9.84 Å². The Balaban J connectivity index is 1.55. The Hall–Kier alpha value is -3.51. The SMILES string of the molecule is O=C(Cc1ccc(Cl)cc1)Nc1ccccc1-c1nc(-c2ccncc2)no1. The van der Waals surface area contributed by atoms with Crippen molar-refractivity contribution in [1.29, 1.82) is 0 Å². The lowest BCUT2D eigenvalue weighted by Gasteiger charge is -2.08. The summed E-state index contributed by atoms with van der Waals surface area (Å²) in [7, 11) is 0. The van der Waals surface area contributed by atoms with Gasteiger partial charge in [-0.05, 0) is 42.0 Å². The minimum Gasteiger partial charge on any atom is -0.334 e. The Labute approximate surface area is 166 Å². The number of halogens is 1. The first kappa shape index (κ1) is 17.9. The highest BCUT2D eigenvalue weighted by Gasteiger charge is 2.15. The lowest BCUT2D eigenvalue weighted by Crippen LogP contribution is -2.15. The molecule has 7 heteroatoms. The summed E-state index contributed by atoms with van der Waals surface area (Å²) in [6.07, 6.45) is 3.56. The second-order valence-electron chi connectivity index (χ2n) is 6.06. The Kier molecular flexibility index (Phi) is 5.12. The number of rotatable bonds is 5. The monoisotopic (exact) mass is 390 g/mol. The normalized spacial score (nSPS) is 10.6. The van der Waals surface area contributed by atoms with Crippen LogP contribution in [0.2, 0.25) is 5.02 Å². The summed E-state index contributed by atoms with van der Waals surface area (Å²) in [5.74, 6) is 0.637. The Bertz CT molecular complexity index is 1090. The largest absolute Gasteiger partial charge is 0.334 e. The van der Waals surface area contributed by atoms with E-state index in [0.717, 1.165) is 11.1 Å². The molecule has 28 heavy (non-hydrogen) atoms. The number of aromatic nitrogens is 3. The predicted molar refractivity (Wildman–Crippen MR) is 107 cm³/mol. The van der Waals surface area contributed by atoms with Gasteiger partial charge >= 0.3 is 0 Å². The summed E-state index contributed by atoms with van der Waals surface area (Å²) in [5, 5.41) is 7.57. The molecule has 1 N–H and O–H groups in total. The fraction of sp³-hybridized carbons (Fsp3) is 0.0476. The van der Waals surface area contributed by atoms with Gasteiger partial charge in [-0.2, -0.15) is 4.98 Å². The summed E-state index contributed by atoms with van der Waals surface area (Å²) in [5.41, 5.74) is 2.93. The van der Waals surface area contributed by atoms with E-state index >= 15 is 0 Å². The van der Waals surface area contributed by atoms with Crippen molar-refractivity contribution in [2.45, 2.75) is 6.42 Å². The topological polar surface area (TPSA) is 80.9 Å². The molecule has 6 nitrogen and oxygen atoms in total. The third kappa shape index (κ3) is 4.07. The lowest BCUT2D eigenvalue weighted by atomic mass is 10.1. The summed E-state index contributed by atoms with van der Waals surface area (Å²) >= 11 is 5.89. The van der Waals surface area contributed by atoms with E-state index in [4.69, 9.17) is 16.1 Å². The number of benzene rings is 2. The number of hydrogen-bond donors (Lipinski definition) is 1. The maximum atomic E-state index is 12.5. The van der Waals surface area contributed by atoms with Crippen LogP contribution in [0.4, 0.5) is 5.69 Å². The van der Waals surface area contributed by atoms with E-state index in [1.54, 1.807) is 42.7 Å². The fourth-order valence-electron chi connectivity index (χ4n) is 2.71. The first-order chi connectivity index (χ1) is 13.7. The molecule has 0 bridgehead atoms. The van der Waals surface area contributed by atoms with Crippen molar-refractivity contribution in [2.24, 2.45) is 0 Å². The van der Waals surface area contributed by atoms with Crippen LogP contribution in [-0.4, -0.2) is 21.0 Å². The number of carbonyl (C=O) groups excluding carboxylic acids is 1. The van der Waals surface area contributed by atoms with Crippen molar-refractivity contribution >= 4 is 23.2 Å². The molecule has 0 aliphatic carbocycles. The molecule has 0 unspecified atom stereocenters. The molecule has 4 rings (SSSR count). The fourth-order valence-corrected chi connectivity index (χ4v) is 2.84. The van der Waals surface area contributed by atoms with E-state index in [-0.39, 0.29) is 12.3 Å². The van der Waals surface area contributed by atoms with Crippen molar-refractivity contribution in [2.75, 3.05) is 5.32 Å². The van der Waals surface area contributed by atoms with Crippen LogP contribution in [0.15, 0.2) is 77.6 Å². The first-order valence-corrected chi connectivity index (χ1v) is 8.94. The van der Waals surface area contributed by atoms with Crippen molar-refractivity contribution in [1.82, 2.24) is 15.1 Å². The van der Waals surface area contributed by atoms with Gasteiger partial charge in [0.05, 0.1) is 17.7 Å². The summed E-state index contributed by atoms with van der Waals surface area (Å²) in [6.45, 7) is 0. The molecule has 0 aliphatic rings. The van der Waals surface area contributed by atoms with Crippen LogP contribution in [0.3, 0.4) is 0 Å². The highest BCUT2D eigenvalue weighted by atomic mass is 35.5. The summed E-state index contributed by atoms with van der Waals surface area (Å²) in [6, 6.07) is 18.1. The number of carbonyl (C=O) groups is 1. The molecule has 4 aromatic rings. The smallest absolute Gasteiger partial charge is 0.260 e. The third-order valence-corrected chi connectivity index (χ3v) is 4.33. The Morgan fingerprint density at radius 2 is 1.75 bits per heavy atom. The molecular formula is C21H15ClN4O2. The quantitative estimate of drug-likeness (QED) is 0.537. The maximum absolute atomic E-state index is 12.5. The van der Waals surface area contributed by atoms with Gasteiger partial charge in [0.1, 0.15) is 0 Å². The third-order valence-electron chi connectivity index (χ3n) is 4.07. The average molecular weight is 391 g/mol. The number of amides is 1. The number of nitrogens with one attached hydrogen (secondary N) is 1. The molecule has 138 valence electrons. The van der Waals surface area contributed by atoms with Gasteiger partial charge in [0.25, 0.3) is 5.89 Å². The van der Waals surface area contributed by atoms with E-state index < -0.39 is 0 Å². The van der Waals surface area contributed by atoms with Gasteiger partial charge in [-0.15, -0.1) is 0 Å². The molecule has 0 saturated carbocycles. The van der Waals surface area contributed by atoms with Crippen LogP contribution < -0.4 is 5.32 Å². The number of hydrogen-bond acceptors (Lipinski definition) is 5. The van der Waals surface area contributed by atoms with Gasteiger partial charge in [-0.1, -0.05) is 41.0 Å². The zero-order chi connectivity index (χ0) is 19.3. The molecular weight excluding hydrogens is 376 g/mol. The van der Waals surface area contributed by atoms with Crippen molar-refractivity contribution < 1.29 is 9.32 Å². The molecule has 0 spiro atoms. The zero-order valence-electron chi connectivity index (χ0n) is 14.7. The minimum absolute atomic E-state index is 0.149. The number of anilines is 1. The van der Waals surface area contributed by atoms with Crippen LogP contribution in [0.1, 0.15) is 5.56 Å². The van der Waals surface area contributed by atoms with Gasteiger partial charge in [-0.3, -0.25) is 9.78 Å². The van der Waals surface area contributed by atoms with E-state index in [1.807, 2.05) is 30.3 Å². The van der Waals surface area contributed by atoms with E-state index in [1.165, 1.54) is 0 Å². The van der Waals surface area contributed by atoms with Crippen LogP contribution >= 0.6 is 11.6 Å². The van der Waals surface area contributed by atoms with Crippen LogP contribution in [0.5, 0.6) is 0 Å². The minimum atomic E-state index is -0.149.